The molecule has 1 aliphatic heterocycles. The molecule has 0 aliphatic carbocycles. The van der Waals surface area contributed by atoms with Crippen molar-refractivity contribution in [1.29, 1.82) is 0 Å². The lowest BCUT2D eigenvalue weighted by atomic mass is 9.87. The van der Waals surface area contributed by atoms with Crippen LogP contribution in [0.4, 0.5) is 5.82 Å². The summed E-state index contributed by atoms with van der Waals surface area (Å²) in [5.41, 5.74) is 4.21. The van der Waals surface area contributed by atoms with Gasteiger partial charge in [-0.05, 0) is 6.42 Å². The fourth-order valence-corrected chi connectivity index (χ4v) is 8.30. The highest BCUT2D eigenvalue weighted by Crippen LogP contribution is 2.61. The van der Waals surface area contributed by atoms with E-state index in [1.165, 1.54) is 13.8 Å². The fourth-order valence-electron chi connectivity index (χ4n) is 4.75. The Balaban J connectivity index is 1.47. The molecule has 2 aromatic heterocycles. The maximum Gasteiger partial charge on any atom is 0.481 e. The van der Waals surface area contributed by atoms with Crippen LogP contribution in [0.5, 0.6) is 0 Å². The molecule has 316 valence electrons. The molecule has 56 heavy (non-hydrogen) atoms. The van der Waals surface area contributed by atoms with E-state index < -0.39 is 90.5 Å². The molecule has 3 rings (SSSR count). The van der Waals surface area contributed by atoms with Crippen LogP contribution in [-0.4, -0.2) is 134 Å². The van der Waals surface area contributed by atoms with E-state index in [0.717, 1.165) is 29.0 Å². The van der Waals surface area contributed by atoms with Gasteiger partial charge < -0.3 is 56.0 Å². The van der Waals surface area contributed by atoms with Crippen LogP contribution in [0.15, 0.2) is 12.7 Å². The molecule has 1 saturated heterocycles. The largest absolute Gasteiger partial charge is 0.481 e. The Bertz CT molecular complexity index is 1860. The number of nitrogens with zero attached hydrogens (tertiary/aromatic N) is 4. The Kier molecular flexibility index (Phi) is 17.0. The van der Waals surface area contributed by atoms with Gasteiger partial charge in [0.1, 0.15) is 36.3 Å². The van der Waals surface area contributed by atoms with E-state index in [1.807, 2.05) is 0 Å². The minimum atomic E-state index is -5.58. The summed E-state index contributed by atoms with van der Waals surface area (Å²) < 4.78 is 61.9. The SMILES string of the molecule is CC(C)(COP(=O)(O)OP(=O)(O)OC[C@H]1O[C@@H](n2cnc3c(N)ncnc32)[C@H](O)[C@@H]1OP(=O)(O)O)[C@@H](O)C(=O)NCCC(=O)NCCSC(=O)CCCC(=O)O. The van der Waals surface area contributed by atoms with Gasteiger partial charge in [0.25, 0.3) is 0 Å². The number of anilines is 1. The second-order valence-electron chi connectivity index (χ2n) is 12.5. The average molecular weight is 882 g/mol. The molecule has 0 saturated carbocycles. The summed E-state index contributed by atoms with van der Waals surface area (Å²) in [4.78, 5) is 97.6. The van der Waals surface area contributed by atoms with Crippen LogP contribution in [0.1, 0.15) is 45.8 Å². The number of carboxylic acid groups (broad SMARTS) is 1. The van der Waals surface area contributed by atoms with Crippen molar-refractivity contribution in [3.05, 3.63) is 12.7 Å². The number of fused-ring (bicyclic) bond motifs is 1. The van der Waals surface area contributed by atoms with E-state index in [0.29, 0.717) is 0 Å². The molecule has 2 aromatic rings. The van der Waals surface area contributed by atoms with Gasteiger partial charge in [-0.1, -0.05) is 25.6 Å². The van der Waals surface area contributed by atoms with Gasteiger partial charge in [0.05, 0.1) is 19.5 Å². The number of amides is 2. The first-order valence-corrected chi connectivity index (χ1v) is 21.7. The highest BCUT2D eigenvalue weighted by molar-refractivity contribution is 8.13. The number of nitrogens with one attached hydrogen (secondary N) is 2. The fraction of sp³-hybridized carbons (Fsp3) is 0.654. The summed E-state index contributed by atoms with van der Waals surface area (Å²) in [5.74, 6) is -2.33. The molecule has 0 bridgehead atoms. The molecule has 2 amide bonds. The van der Waals surface area contributed by atoms with Crippen molar-refractivity contribution in [3.8, 4) is 0 Å². The first-order valence-electron chi connectivity index (χ1n) is 16.2. The van der Waals surface area contributed by atoms with E-state index in [-0.39, 0.29) is 66.6 Å². The third-order valence-electron chi connectivity index (χ3n) is 7.54. The smallest absolute Gasteiger partial charge is 0.481 e. The summed E-state index contributed by atoms with van der Waals surface area (Å²) in [7, 11) is -16.4. The van der Waals surface area contributed by atoms with E-state index in [4.69, 9.17) is 24.6 Å². The molecule has 30 heteroatoms. The summed E-state index contributed by atoms with van der Waals surface area (Å²) >= 11 is 0.929. The second kappa shape index (κ2) is 20.1. The number of rotatable bonds is 23. The molecular formula is C26H42N7O19P3S. The van der Waals surface area contributed by atoms with E-state index in [2.05, 4.69) is 34.4 Å². The number of carboxylic acids is 1. The number of hydrogen-bond donors (Lipinski definition) is 10. The predicted molar refractivity (Wildman–Crippen MR) is 189 cm³/mol. The Morgan fingerprint density at radius 3 is 2.36 bits per heavy atom. The number of aliphatic carboxylic acids is 1. The first-order chi connectivity index (χ1) is 25.9. The minimum Gasteiger partial charge on any atom is -0.481 e. The Hall–Kier alpha value is -2.97. The van der Waals surface area contributed by atoms with Gasteiger partial charge in [0, 0.05) is 43.5 Å². The van der Waals surface area contributed by atoms with Crippen LogP contribution in [0.25, 0.3) is 11.2 Å². The average Bonchev–Trinajstić information content (AvgIpc) is 3.64. The quantitative estimate of drug-likeness (QED) is 0.0469. The Labute approximate surface area is 321 Å². The number of nitrogen functional groups attached to an aromatic ring is 1. The molecule has 1 aliphatic rings. The van der Waals surface area contributed by atoms with Crippen LogP contribution in [0, 0.1) is 5.41 Å². The van der Waals surface area contributed by atoms with Gasteiger partial charge in [0.15, 0.2) is 22.8 Å². The zero-order valence-electron chi connectivity index (χ0n) is 29.6. The highest BCUT2D eigenvalue weighted by atomic mass is 32.2. The van der Waals surface area contributed by atoms with Gasteiger partial charge in [-0.25, -0.2) is 28.6 Å². The number of imidazole rings is 1. The van der Waals surface area contributed by atoms with Crippen LogP contribution in [-0.2, 0) is 55.5 Å². The lowest BCUT2D eigenvalue weighted by Crippen LogP contribution is -2.46. The summed E-state index contributed by atoms with van der Waals surface area (Å²) in [6.07, 6.45) is -6.92. The topological polar surface area (TPSA) is 401 Å². The lowest BCUT2D eigenvalue weighted by molar-refractivity contribution is -0.138. The highest BCUT2D eigenvalue weighted by Gasteiger charge is 2.50. The second-order valence-corrected chi connectivity index (χ2v) is 17.9. The van der Waals surface area contributed by atoms with Crippen LogP contribution in [0.2, 0.25) is 0 Å². The summed E-state index contributed by atoms with van der Waals surface area (Å²) in [6, 6.07) is 0. The zero-order chi connectivity index (χ0) is 42.1. The Morgan fingerprint density at radius 1 is 1.02 bits per heavy atom. The van der Waals surface area contributed by atoms with E-state index in [9.17, 15) is 62.7 Å². The monoisotopic (exact) mass is 881 g/mol. The van der Waals surface area contributed by atoms with E-state index in [1.54, 1.807) is 0 Å². The van der Waals surface area contributed by atoms with Crippen molar-refractivity contribution in [3.63, 3.8) is 0 Å². The van der Waals surface area contributed by atoms with Crippen LogP contribution < -0.4 is 16.4 Å². The molecule has 26 nitrogen and oxygen atoms in total. The molecule has 1 fully saturated rings. The zero-order valence-corrected chi connectivity index (χ0v) is 33.1. The van der Waals surface area contributed by atoms with Crippen molar-refractivity contribution < 1.29 is 90.4 Å². The molecule has 2 unspecified atom stereocenters. The molecule has 11 N–H and O–H groups in total. The molecule has 7 atom stereocenters. The van der Waals surface area contributed by atoms with Gasteiger partial charge in [-0.3, -0.25) is 37.3 Å². The van der Waals surface area contributed by atoms with Crippen molar-refractivity contribution >= 4 is 75.1 Å². The maximum absolute atomic E-state index is 12.7. The Morgan fingerprint density at radius 2 is 1.70 bits per heavy atom. The number of aromatic nitrogens is 4. The number of nitrogens with two attached hydrogens (primary N) is 1. The summed E-state index contributed by atoms with van der Waals surface area (Å²) in [5, 5.41) is 34.6. The van der Waals surface area contributed by atoms with E-state index >= 15 is 0 Å². The predicted octanol–water partition coefficient (Wildman–Crippen LogP) is -1.08. The van der Waals surface area contributed by atoms with Gasteiger partial charge in [0.2, 0.25) is 11.8 Å². The lowest BCUT2D eigenvalue weighted by Gasteiger charge is -2.30. The standard InChI is InChI=1S/C26H42N7O19P3S/c1-26(2,21(39)24(40)29-7-6-15(34)28-8-9-56-17(37)5-3-4-16(35)36)11-49-55(46,47)52-54(44,45)48-10-14-20(51-53(41,42)43)19(38)25(50-14)33-13-32-18-22(27)30-12-31-23(18)33/h12-14,19-21,25,38-39H,3-11H2,1-2H3,(H,28,34)(H,29,40)(H,35,36)(H,44,45)(H,46,47)(H2,27,30,31)(H2,41,42,43)/t14-,19-,20-,21+,25-/m1/s1. The number of carbonyl (C=O) groups is 4. The van der Waals surface area contributed by atoms with Crippen molar-refractivity contribution in [2.45, 2.75) is 70.2 Å². The molecule has 0 spiro atoms. The molecular weight excluding hydrogens is 839 g/mol. The molecule has 0 aromatic carbocycles. The number of hydrogen-bond acceptors (Lipinski definition) is 19. The number of phosphoric acid groups is 3. The number of ether oxygens (including phenoxy) is 1. The normalized spacial score (nSPS) is 21.6. The number of phosphoric ester groups is 3. The minimum absolute atomic E-state index is 0.0208. The van der Waals surface area contributed by atoms with Crippen molar-refractivity contribution in [1.82, 2.24) is 30.2 Å². The first kappa shape index (κ1) is 47.4. The van der Waals surface area contributed by atoms with Gasteiger partial charge in [-0.2, -0.15) is 4.31 Å². The number of aliphatic hydroxyl groups is 2. The maximum atomic E-state index is 12.7. The van der Waals surface area contributed by atoms with Crippen LogP contribution >= 0.6 is 35.2 Å². The summed E-state index contributed by atoms with van der Waals surface area (Å²) in [6.45, 7) is 0.273. The third-order valence-corrected chi connectivity index (χ3v) is 11.6. The van der Waals surface area contributed by atoms with Crippen molar-refractivity contribution in [2.24, 2.45) is 5.41 Å². The number of aliphatic hydroxyl groups excluding tert-OH is 2. The van der Waals surface area contributed by atoms with Gasteiger partial charge >= 0.3 is 29.4 Å². The number of thioether (sulfide) groups is 1. The third kappa shape index (κ3) is 14.8. The van der Waals surface area contributed by atoms with Gasteiger partial charge in [-0.15, -0.1) is 0 Å². The number of carbonyl (C=O) groups excluding carboxylic acids is 3. The molecule has 3 heterocycles. The molecule has 0 radical (unpaired) electrons. The van der Waals surface area contributed by atoms with Crippen LogP contribution in [0.3, 0.4) is 0 Å². The van der Waals surface area contributed by atoms with Crippen molar-refractivity contribution in [2.75, 3.05) is 37.8 Å².